The average molecular weight is 337 g/mol. The van der Waals surface area contributed by atoms with Gasteiger partial charge in [0.1, 0.15) is 5.76 Å². The summed E-state index contributed by atoms with van der Waals surface area (Å²) in [5.41, 5.74) is 0.790. The van der Waals surface area contributed by atoms with Gasteiger partial charge < -0.3 is 15.1 Å². The molecule has 1 unspecified atom stereocenters. The van der Waals surface area contributed by atoms with Crippen molar-refractivity contribution in [1.82, 2.24) is 5.32 Å². The molecule has 106 valence electrons. The van der Waals surface area contributed by atoms with Gasteiger partial charge in [0, 0.05) is 22.6 Å². The van der Waals surface area contributed by atoms with Crippen LogP contribution in [0.2, 0.25) is 0 Å². The standard InChI is InChI=1S/C15H17BrN2O2/c1-11(9-14-3-2-8-20-14)17-10-15(19)18-13-6-4-12(16)5-7-13/h2-8,11,17H,9-10H2,1H3,(H,18,19). The molecular weight excluding hydrogens is 320 g/mol. The van der Waals surface area contributed by atoms with Crippen LogP contribution < -0.4 is 10.6 Å². The topological polar surface area (TPSA) is 54.3 Å². The Hall–Kier alpha value is -1.59. The van der Waals surface area contributed by atoms with Gasteiger partial charge >= 0.3 is 0 Å². The van der Waals surface area contributed by atoms with E-state index in [0.717, 1.165) is 22.3 Å². The third kappa shape index (κ3) is 4.83. The van der Waals surface area contributed by atoms with Gasteiger partial charge in [0.2, 0.25) is 5.91 Å². The molecule has 4 nitrogen and oxygen atoms in total. The minimum atomic E-state index is -0.0568. The first-order chi connectivity index (χ1) is 9.63. The van der Waals surface area contributed by atoms with Crippen molar-refractivity contribution in [2.24, 2.45) is 0 Å². The molecule has 0 aliphatic heterocycles. The zero-order valence-corrected chi connectivity index (χ0v) is 12.8. The van der Waals surface area contributed by atoms with Crippen LogP contribution >= 0.6 is 15.9 Å². The van der Waals surface area contributed by atoms with E-state index >= 15 is 0 Å². The third-order valence-electron chi connectivity index (χ3n) is 2.83. The molecular formula is C15H17BrN2O2. The zero-order chi connectivity index (χ0) is 14.4. The Morgan fingerprint density at radius 3 is 2.70 bits per heavy atom. The number of carbonyl (C=O) groups excluding carboxylic acids is 1. The van der Waals surface area contributed by atoms with Crippen LogP contribution in [0.5, 0.6) is 0 Å². The Balaban J connectivity index is 1.73. The summed E-state index contributed by atoms with van der Waals surface area (Å²) < 4.78 is 6.26. The van der Waals surface area contributed by atoms with Crippen molar-refractivity contribution in [1.29, 1.82) is 0 Å². The molecule has 2 N–H and O–H groups in total. The minimum absolute atomic E-state index is 0.0568. The number of carbonyl (C=O) groups is 1. The van der Waals surface area contributed by atoms with E-state index in [1.54, 1.807) is 6.26 Å². The van der Waals surface area contributed by atoms with Crippen LogP contribution in [0, 0.1) is 0 Å². The van der Waals surface area contributed by atoms with E-state index in [-0.39, 0.29) is 18.5 Å². The smallest absolute Gasteiger partial charge is 0.238 e. The summed E-state index contributed by atoms with van der Waals surface area (Å²) in [4.78, 5) is 11.8. The molecule has 0 aliphatic rings. The van der Waals surface area contributed by atoms with Crippen LogP contribution in [0.25, 0.3) is 0 Å². The van der Waals surface area contributed by atoms with E-state index < -0.39 is 0 Å². The predicted octanol–water partition coefficient (Wildman–Crippen LogP) is 3.20. The van der Waals surface area contributed by atoms with Gasteiger partial charge in [-0.2, -0.15) is 0 Å². The number of amides is 1. The lowest BCUT2D eigenvalue weighted by Gasteiger charge is -2.12. The monoisotopic (exact) mass is 336 g/mol. The molecule has 0 spiro atoms. The lowest BCUT2D eigenvalue weighted by atomic mass is 10.2. The molecule has 0 radical (unpaired) electrons. The largest absolute Gasteiger partial charge is 0.469 e. The van der Waals surface area contributed by atoms with Crippen LogP contribution in [0.1, 0.15) is 12.7 Å². The summed E-state index contributed by atoms with van der Waals surface area (Å²) in [5.74, 6) is 0.858. The molecule has 0 saturated heterocycles. The van der Waals surface area contributed by atoms with E-state index in [1.807, 2.05) is 43.3 Å². The first kappa shape index (κ1) is 14.8. The molecule has 2 aromatic rings. The Kier molecular flexibility index (Phi) is 5.38. The summed E-state index contributed by atoms with van der Waals surface area (Å²) in [6.45, 7) is 2.30. The number of rotatable bonds is 6. The number of hydrogen-bond acceptors (Lipinski definition) is 3. The maximum absolute atomic E-state index is 11.8. The Labute approximate surface area is 126 Å². The summed E-state index contributed by atoms with van der Waals surface area (Å²) in [5, 5.41) is 6.01. The van der Waals surface area contributed by atoms with Crippen LogP contribution in [0.4, 0.5) is 5.69 Å². The third-order valence-corrected chi connectivity index (χ3v) is 3.36. The van der Waals surface area contributed by atoms with Crippen molar-refractivity contribution in [2.75, 3.05) is 11.9 Å². The molecule has 20 heavy (non-hydrogen) atoms. The molecule has 1 heterocycles. The van der Waals surface area contributed by atoms with Crippen molar-refractivity contribution in [2.45, 2.75) is 19.4 Å². The highest BCUT2D eigenvalue weighted by atomic mass is 79.9. The molecule has 2 rings (SSSR count). The fourth-order valence-electron chi connectivity index (χ4n) is 1.81. The Bertz CT molecular complexity index is 538. The lowest BCUT2D eigenvalue weighted by Crippen LogP contribution is -2.35. The molecule has 0 saturated carbocycles. The zero-order valence-electron chi connectivity index (χ0n) is 11.2. The molecule has 1 aromatic carbocycles. The fraction of sp³-hybridized carbons (Fsp3) is 0.267. The number of hydrogen-bond donors (Lipinski definition) is 2. The quantitative estimate of drug-likeness (QED) is 0.851. The van der Waals surface area contributed by atoms with E-state index in [2.05, 4.69) is 26.6 Å². The molecule has 5 heteroatoms. The van der Waals surface area contributed by atoms with E-state index in [0.29, 0.717) is 0 Å². The summed E-state index contributed by atoms with van der Waals surface area (Å²) in [6, 6.07) is 11.5. The molecule has 0 fully saturated rings. The van der Waals surface area contributed by atoms with Crippen molar-refractivity contribution in [3.8, 4) is 0 Å². The highest BCUT2D eigenvalue weighted by Crippen LogP contribution is 2.13. The molecule has 0 bridgehead atoms. The lowest BCUT2D eigenvalue weighted by molar-refractivity contribution is -0.115. The van der Waals surface area contributed by atoms with Gasteiger partial charge in [-0.25, -0.2) is 0 Å². The molecule has 1 amide bonds. The van der Waals surface area contributed by atoms with Gasteiger partial charge in [-0.15, -0.1) is 0 Å². The van der Waals surface area contributed by atoms with Gasteiger partial charge in [0.15, 0.2) is 0 Å². The number of nitrogens with one attached hydrogen (secondary N) is 2. The van der Waals surface area contributed by atoms with Gasteiger partial charge in [0.25, 0.3) is 0 Å². The Morgan fingerprint density at radius 2 is 2.05 bits per heavy atom. The maximum Gasteiger partial charge on any atom is 0.238 e. The fourth-order valence-corrected chi connectivity index (χ4v) is 2.07. The van der Waals surface area contributed by atoms with Crippen LogP contribution in [0.3, 0.4) is 0 Å². The molecule has 0 aliphatic carbocycles. The van der Waals surface area contributed by atoms with Gasteiger partial charge in [0.05, 0.1) is 12.8 Å². The highest BCUT2D eigenvalue weighted by Gasteiger charge is 2.08. The number of halogens is 1. The van der Waals surface area contributed by atoms with Crippen molar-refractivity contribution >= 4 is 27.5 Å². The summed E-state index contributed by atoms with van der Waals surface area (Å²) in [7, 11) is 0. The van der Waals surface area contributed by atoms with Gasteiger partial charge in [-0.05, 0) is 43.3 Å². The predicted molar refractivity (Wildman–Crippen MR) is 82.6 cm³/mol. The number of anilines is 1. The normalized spacial score (nSPS) is 12.1. The van der Waals surface area contributed by atoms with Crippen molar-refractivity contribution in [3.05, 3.63) is 52.9 Å². The van der Waals surface area contributed by atoms with Crippen molar-refractivity contribution < 1.29 is 9.21 Å². The van der Waals surface area contributed by atoms with E-state index in [9.17, 15) is 4.79 Å². The number of benzene rings is 1. The van der Waals surface area contributed by atoms with Crippen LogP contribution in [-0.4, -0.2) is 18.5 Å². The first-order valence-electron chi connectivity index (χ1n) is 6.44. The Morgan fingerprint density at radius 1 is 1.30 bits per heavy atom. The maximum atomic E-state index is 11.8. The average Bonchev–Trinajstić information content (AvgIpc) is 2.92. The van der Waals surface area contributed by atoms with Crippen LogP contribution in [-0.2, 0) is 11.2 Å². The SMILES string of the molecule is CC(Cc1ccco1)NCC(=O)Nc1ccc(Br)cc1. The van der Waals surface area contributed by atoms with E-state index in [1.165, 1.54) is 0 Å². The van der Waals surface area contributed by atoms with Crippen LogP contribution in [0.15, 0.2) is 51.6 Å². The van der Waals surface area contributed by atoms with E-state index in [4.69, 9.17) is 4.42 Å². The van der Waals surface area contributed by atoms with Crippen molar-refractivity contribution in [3.63, 3.8) is 0 Å². The molecule has 1 atom stereocenters. The summed E-state index contributed by atoms with van der Waals surface area (Å²) >= 11 is 3.36. The minimum Gasteiger partial charge on any atom is -0.469 e. The number of furan rings is 1. The highest BCUT2D eigenvalue weighted by molar-refractivity contribution is 9.10. The molecule has 1 aromatic heterocycles. The second kappa shape index (κ2) is 7.26. The van der Waals surface area contributed by atoms with Gasteiger partial charge in [-0.3, -0.25) is 4.79 Å². The van der Waals surface area contributed by atoms with Gasteiger partial charge in [-0.1, -0.05) is 15.9 Å². The summed E-state index contributed by atoms with van der Waals surface area (Å²) in [6.07, 6.45) is 2.42. The second-order valence-electron chi connectivity index (χ2n) is 4.62. The first-order valence-corrected chi connectivity index (χ1v) is 7.24. The second-order valence-corrected chi connectivity index (χ2v) is 5.54.